The molecule has 0 bridgehead atoms. The lowest BCUT2D eigenvalue weighted by molar-refractivity contribution is 0.0601. The van der Waals surface area contributed by atoms with Gasteiger partial charge in [0, 0.05) is 13.1 Å². The molecule has 1 rings (SSSR count). The summed E-state index contributed by atoms with van der Waals surface area (Å²) in [6, 6.07) is 5.53. The molecule has 0 aliphatic rings. The van der Waals surface area contributed by atoms with E-state index in [0.717, 1.165) is 5.69 Å². The fourth-order valence-corrected chi connectivity index (χ4v) is 2.00. The van der Waals surface area contributed by atoms with E-state index in [0.29, 0.717) is 11.3 Å². The van der Waals surface area contributed by atoms with E-state index in [4.69, 9.17) is 10.5 Å². The van der Waals surface area contributed by atoms with Crippen molar-refractivity contribution in [1.29, 1.82) is 0 Å². The average Bonchev–Trinajstić information content (AvgIpc) is 2.34. The Labute approximate surface area is 115 Å². The van der Waals surface area contributed by atoms with Crippen LogP contribution in [0.4, 0.5) is 11.4 Å². The Bertz CT molecular complexity index is 464. The zero-order chi connectivity index (χ0) is 14.8. The lowest BCUT2D eigenvalue weighted by Gasteiger charge is -2.38. The quantitative estimate of drug-likeness (QED) is 0.673. The van der Waals surface area contributed by atoms with Gasteiger partial charge in [0.05, 0.1) is 24.0 Å². The van der Waals surface area contributed by atoms with Crippen molar-refractivity contribution in [1.82, 2.24) is 0 Å². The van der Waals surface area contributed by atoms with Crippen LogP contribution in [0.5, 0.6) is 0 Å². The van der Waals surface area contributed by atoms with E-state index in [2.05, 4.69) is 27.7 Å². The summed E-state index contributed by atoms with van der Waals surface area (Å²) in [6.07, 6.45) is 0. The van der Waals surface area contributed by atoms with Gasteiger partial charge in [0.1, 0.15) is 0 Å². The van der Waals surface area contributed by atoms with Gasteiger partial charge in [-0.3, -0.25) is 0 Å². The first-order chi connectivity index (χ1) is 8.70. The molecule has 0 saturated heterocycles. The molecule has 1 aromatic carbocycles. The van der Waals surface area contributed by atoms with Gasteiger partial charge in [0.25, 0.3) is 0 Å². The molecule has 1 atom stereocenters. The maximum Gasteiger partial charge on any atom is 0.340 e. The topological polar surface area (TPSA) is 55.6 Å². The third kappa shape index (κ3) is 3.19. The van der Waals surface area contributed by atoms with Crippen LogP contribution in [0.2, 0.25) is 0 Å². The molecular formula is C15H24N2O2. The van der Waals surface area contributed by atoms with Crippen LogP contribution in [0, 0.1) is 5.41 Å². The van der Waals surface area contributed by atoms with Crippen molar-refractivity contribution >= 4 is 17.3 Å². The number of carbonyl (C=O) groups is 1. The third-order valence-electron chi connectivity index (χ3n) is 3.66. The molecule has 0 saturated carbocycles. The predicted molar refractivity (Wildman–Crippen MR) is 79.5 cm³/mol. The summed E-state index contributed by atoms with van der Waals surface area (Å²) < 4.78 is 4.83. The molecule has 1 unspecified atom stereocenters. The second-order valence-corrected chi connectivity index (χ2v) is 5.89. The molecule has 0 spiro atoms. The molecule has 4 nitrogen and oxygen atoms in total. The summed E-state index contributed by atoms with van der Waals surface area (Å²) >= 11 is 0. The highest BCUT2D eigenvalue weighted by Gasteiger charge is 2.28. The minimum atomic E-state index is -0.366. The number of rotatable bonds is 3. The lowest BCUT2D eigenvalue weighted by atomic mass is 9.86. The van der Waals surface area contributed by atoms with Gasteiger partial charge in [-0.05, 0) is 24.5 Å². The fraction of sp³-hybridized carbons (Fsp3) is 0.533. The van der Waals surface area contributed by atoms with Gasteiger partial charge in [-0.2, -0.15) is 0 Å². The van der Waals surface area contributed by atoms with Crippen LogP contribution >= 0.6 is 0 Å². The molecular weight excluding hydrogens is 240 g/mol. The number of methoxy groups -OCH3 is 1. The standard InChI is InChI=1S/C15H24N2O2/c1-10(15(2,3)4)17(5)13-11(14(18)19-6)8-7-9-12(13)16/h7-10H,16H2,1-6H3. The van der Waals surface area contributed by atoms with E-state index >= 15 is 0 Å². The van der Waals surface area contributed by atoms with Crippen LogP contribution in [-0.4, -0.2) is 26.2 Å². The fourth-order valence-electron chi connectivity index (χ4n) is 2.00. The summed E-state index contributed by atoms with van der Waals surface area (Å²) in [6.45, 7) is 8.59. The molecule has 2 N–H and O–H groups in total. The van der Waals surface area contributed by atoms with Crippen molar-refractivity contribution in [3.8, 4) is 0 Å². The van der Waals surface area contributed by atoms with E-state index in [1.807, 2.05) is 11.9 Å². The van der Waals surface area contributed by atoms with E-state index in [-0.39, 0.29) is 17.4 Å². The van der Waals surface area contributed by atoms with Crippen LogP contribution in [0.3, 0.4) is 0 Å². The van der Waals surface area contributed by atoms with Gasteiger partial charge < -0.3 is 15.4 Å². The summed E-state index contributed by atoms with van der Waals surface area (Å²) in [4.78, 5) is 13.9. The number of esters is 1. The monoisotopic (exact) mass is 264 g/mol. The van der Waals surface area contributed by atoms with Crippen molar-refractivity contribution in [2.45, 2.75) is 33.7 Å². The second kappa shape index (κ2) is 5.51. The summed E-state index contributed by atoms with van der Waals surface area (Å²) in [5.41, 5.74) is 7.94. The average molecular weight is 264 g/mol. The number of hydrogen-bond acceptors (Lipinski definition) is 4. The van der Waals surface area contributed by atoms with E-state index < -0.39 is 0 Å². The summed E-state index contributed by atoms with van der Waals surface area (Å²) in [5.74, 6) is -0.366. The number of benzene rings is 1. The normalized spacial score (nSPS) is 12.9. The van der Waals surface area contributed by atoms with Crippen molar-refractivity contribution in [2.75, 3.05) is 24.8 Å². The molecule has 0 aromatic heterocycles. The van der Waals surface area contributed by atoms with E-state index in [1.54, 1.807) is 18.2 Å². The first kappa shape index (κ1) is 15.3. The Balaban J connectivity index is 3.29. The number of nitrogens with two attached hydrogens (primary N) is 1. The van der Waals surface area contributed by atoms with Gasteiger partial charge in [-0.1, -0.05) is 26.8 Å². The predicted octanol–water partition coefficient (Wildman–Crippen LogP) is 2.93. The van der Waals surface area contributed by atoms with Crippen LogP contribution < -0.4 is 10.6 Å². The SMILES string of the molecule is COC(=O)c1cccc(N)c1N(C)C(C)C(C)(C)C. The Hall–Kier alpha value is -1.71. The maximum absolute atomic E-state index is 11.9. The van der Waals surface area contributed by atoms with Gasteiger partial charge in [-0.15, -0.1) is 0 Å². The van der Waals surface area contributed by atoms with Crippen molar-refractivity contribution in [3.05, 3.63) is 23.8 Å². The Morgan fingerprint density at radius 2 is 1.95 bits per heavy atom. The largest absolute Gasteiger partial charge is 0.465 e. The molecule has 0 amide bonds. The van der Waals surface area contributed by atoms with Crippen molar-refractivity contribution in [2.24, 2.45) is 5.41 Å². The summed E-state index contributed by atoms with van der Waals surface area (Å²) in [5, 5.41) is 0. The highest BCUT2D eigenvalue weighted by atomic mass is 16.5. The molecule has 1 aromatic rings. The van der Waals surface area contributed by atoms with Crippen LogP contribution in [-0.2, 0) is 4.74 Å². The molecule has 0 aliphatic carbocycles. The highest BCUT2D eigenvalue weighted by Crippen LogP contribution is 2.33. The first-order valence-electron chi connectivity index (χ1n) is 6.39. The molecule has 106 valence electrons. The van der Waals surface area contributed by atoms with Crippen LogP contribution in [0.15, 0.2) is 18.2 Å². The number of nitrogen functional groups attached to an aromatic ring is 1. The first-order valence-corrected chi connectivity index (χ1v) is 6.39. The highest BCUT2D eigenvalue weighted by molar-refractivity contribution is 5.99. The number of hydrogen-bond donors (Lipinski definition) is 1. The molecule has 0 fully saturated rings. The van der Waals surface area contributed by atoms with Crippen LogP contribution in [0.1, 0.15) is 38.1 Å². The van der Waals surface area contributed by atoms with Gasteiger partial charge in [0.2, 0.25) is 0 Å². The second-order valence-electron chi connectivity index (χ2n) is 5.89. The number of nitrogens with zero attached hydrogens (tertiary/aromatic N) is 1. The zero-order valence-corrected chi connectivity index (χ0v) is 12.7. The Morgan fingerprint density at radius 3 is 2.42 bits per heavy atom. The van der Waals surface area contributed by atoms with E-state index in [1.165, 1.54) is 7.11 Å². The minimum Gasteiger partial charge on any atom is -0.465 e. The van der Waals surface area contributed by atoms with Gasteiger partial charge in [-0.25, -0.2) is 4.79 Å². The minimum absolute atomic E-state index is 0.0738. The van der Waals surface area contributed by atoms with Crippen molar-refractivity contribution < 1.29 is 9.53 Å². The molecule has 19 heavy (non-hydrogen) atoms. The Kier molecular flexibility index (Phi) is 4.45. The van der Waals surface area contributed by atoms with Crippen molar-refractivity contribution in [3.63, 3.8) is 0 Å². The third-order valence-corrected chi connectivity index (χ3v) is 3.66. The lowest BCUT2D eigenvalue weighted by Crippen LogP contribution is -2.40. The van der Waals surface area contributed by atoms with Gasteiger partial charge >= 0.3 is 5.97 Å². The van der Waals surface area contributed by atoms with Gasteiger partial charge in [0.15, 0.2) is 0 Å². The van der Waals surface area contributed by atoms with E-state index in [9.17, 15) is 4.79 Å². The zero-order valence-electron chi connectivity index (χ0n) is 12.7. The Morgan fingerprint density at radius 1 is 1.37 bits per heavy atom. The number of para-hydroxylation sites is 1. The smallest absolute Gasteiger partial charge is 0.340 e. The molecule has 0 radical (unpaired) electrons. The molecule has 0 aliphatic heterocycles. The number of ether oxygens (including phenoxy) is 1. The maximum atomic E-state index is 11.9. The summed E-state index contributed by atoms with van der Waals surface area (Å²) in [7, 11) is 3.33. The van der Waals surface area contributed by atoms with Crippen LogP contribution in [0.25, 0.3) is 0 Å². The number of anilines is 2. The molecule has 4 heteroatoms. The number of carbonyl (C=O) groups excluding carboxylic acids is 1. The molecule has 0 heterocycles.